The van der Waals surface area contributed by atoms with Gasteiger partial charge in [-0.15, -0.1) is 0 Å². The van der Waals surface area contributed by atoms with E-state index < -0.39 is 0 Å². The van der Waals surface area contributed by atoms with Crippen LogP contribution in [0.5, 0.6) is 0 Å². The third-order valence-electron chi connectivity index (χ3n) is 0.500. The van der Waals surface area contributed by atoms with Crippen LogP contribution in [0.4, 0.5) is 0 Å². The maximum atomic E-state index is 2.18. The van der Waals surface area contributed by atoms with Gasteiger partial charge in [0.15, 0.2) is 0 Å². The van der Waals surface area contributed by atoms with Crippen molar-refractivity contribution in [2.75, 3.05) is 0 Å². The molecule has 0 aromatic rings. The third kappa shape index (κ3) is 11.2. The van der Waals surface area contributed by atoms with Gasteiger partial charge in [-0.05, 0) is 0 Å². The molecule has 0 aliphatic rings. The Morgan fingerprint density at radius 2 is 1.20 bits per heavy atom. The fraction of sp³-hybridized carbons (Fsp3) is 1.00. The Balaban J connectivity index is 0. The molecule has 5 heavy (non-hydrogen) atoms. The van der Waals surface area contributed by atoms with Crippen LogP contribution in [0.1, 0.15) is 26.7 Å². The predicted molar refractivity (Wildman–Crippen MR) is 27.7 cm³/mol. The molecular weight excluding hydrogens is 71.0 g/mol. The first-order valence-corrected chi connectivity index (χ1v) is 1.91. The number of hydrogen-bond donors (Lipinski definition) is 0. The van der Waals surface area contributed by atoms with Crippen molar-refractivity contribution in [3.8, 4) is 0 Å². The van der Waals surface area contributed by atoms with Gasteiger partial charge in [0.1, 0.15) is 0 Å². The third-order valence-corrected chi connectivity index (χ3v) is 0.500. The van der Waals surface area contributed by atoms with Gasteiger partial charge in [0.2, 0.25) is 0 Å². The standard InChI is InChI=1S/C4H10.Na.H/c1-3-4-2;;/h3-4H2,1-2H3;;. The molecule has 0 nitrogen and oxygen atoms in total. The molecule has 0 amide bonds. The normalized spacial score (nSPS) is 6.00. The van der Waals surface area contributed by atoms with Crippen LogP contribution in [0.15, 0.2) is 0 Å². The zero-order valence-corrected chi connectivity index (χ0v) is 3.41. The minimum absolute atomic E-state index is 0. The first-order chi connectivity index (χ1) is 1.91. The fourth-order valence-corrected chi connectivity index (χ4v) is 0. The molecule has 0 aliphatic carbocycles. The van der Waals surface area contributed by atoms with E-state index in [-0.39, 0.29) is 29.6 Å². The summed E-state index contributed by atoms with van der Waals surface area (Å²) in [4.78, 5) is 0. The molecule has 0 bridgehead atoms. The van der Waals surface area contributed by atoms with Gasteiger partial charge in [-0.2, -0.15) is 0 Å². The Bertz CT molecular complexity index is 5.61. The average molecular weight is 82.1 g/mol. The molecule has 0 N–H and O–H groups in total. The van der Waals surface area contributed by atoms with Crippen molar-refractivity contribution < 1.29 is 0 Å². The molecule has 0 atom stereocenters. The van der Waals surface area contributed by atoms with E-state index in [1.54, 1.807) is 0 Å². The number of unbranched alkanes of at least 4 members (excludes halogenated alkanes) is 1. The molecule has 0 aromatic carbocycles. The first kappa shape index (κ1) is 9.38. The number of hydrogen-bond acceptors (Lipinski definition) is 0. The van der Waals surface area contributed by atoms with Gasteiger partial charge in [0.05, 0.1) is 0 Å². The van der Waals surface area contributed by atoms with Crippen LogP contribution in [-0.4, -0.2) is 29.6 Å². The van der Waals surface area contributed by atoms with Crippen molar-refractivity contribution in [1.29, 1.82) is 0 Å². The van der Waals surface area contributed by atoms with E-state index in [0.29, 0.717) is 0 Å². The fourth-order valence-electron chi connectivity index (χ4n) is 0. The molecular formula is C4H11Na. The monoisotopic (exact) mass is 82.1 g/mol. The zero-order chi connectivity index (χ0) is 3.41. The van der Waals surface area contributed by atoms with E-state index in [2.05, 4.69) is 13.8 Å². The van der Waals surface area contributed by atoms with Crippen LogP contribution in [0, 0.1) is 0 Å². The van der Waals surface area contributed by atoms with Crippen molar-refractivity contribution in [3.05, 3.63) is 0 Å². The Labute approximate surface area is 56.2 Å². The van der Waals surface area contributed by atoms with Gasteiger partial charge in [-0.3, -0.25) is 0 Å². The second-order valence-corrected chi connectivity index (χ2v) is 1.000. The Morgan fingerprint density at radius 1 is 1.00 bits per heavy atom. The van der Waals surface area contributed by atoms with E-state index in [9.17, 15) is 0 Å². The van der Waals surface area contributed by atoms with Gasteiger partial charge in [0.25, 0.3) is 0 Å². The van der Waals surface area contributed by atoms with E-state index in [4.69, 9.17) is 0 Å². The minimum atomic E-state index is 0. The van der Waals surface area contributed by atoms with E-state index in [1.165, 1.54) is 12.8 Å². The summed E-state index contributed by atoms with van der Waals surface area (Å²) in [6.07, 6.45) is 2.64. The van der Waals surface area contributed by atoms with Gasteiger partial charge in [0, 0.05) is 0 Å². The molecule has 0 saturated heterocycles. The van der Waals surface area contributed by atoms with Crippen LogP contribution in [-0.2, 0) is 0 Å². The van der Waals surface area contributed by atoms with Crippen molar-refractivity contribution in [3.63, 3.8) is 0 Å². The molecule has 0 unspecified atom stereocenters. The summed E-state index contributed by atoms with van der Waals surface area (Å²) < 4.78 is 0. The van der Waals surface area contributed by atoms with Crippen LogP contribution in [0.3, 0.4) is 0 Å². The summed E-state index contributed by atoms with van der Waals surface area (Å²) in [6, 6.07) is 0. The zero-order valence-electron chi connectivity index (χ0n) is 3.41. The molecule has 0 heterocycles. The average Bonchev–Trinajstić information content (AvgIpc) is 1.37. The molecule has 0 saturated carbocycles. The molecule has 1 heteroatoms. The molecule has 0 aromatic heterocycles. The first-order valence-electron chi connectivity index (χ1n) is 1.91. The van der Waals surface area contributed by atoms with Crippen LogP contribution in [0.2, 0.25) is 0 Å². The Kier molecular flexibility index (Phi) is 16.7. The quantitative estimate of drug-likeness (QED) is 0.416. The Hall–Kier alpha value is 1.00. The van der Waals surface area contributed by atoms with Crippen molar-refractivity contribution in [1.82, 2.24) is 0 Å². The van der Waals surface area contributed by atoms with Crippen LogP contribution < -0.4 is 0 Å². The van der Waals surface area contributed by atoms with Crippen LogP contribution in [0.25, 0.3) is 0 Å². The predicted octanol–water partition coefficient (Wildman–Crippen LogP) is 1.16. The van der Waals surface area contributed by atoms with Gasteiger partial charge in [-0.25, -0.2) is 0 Å². The summed E-state index contributed by atoms with van der Waals surface area (Å²) in [5, 5.41) is 0. The van der Waals surface area contributed by atoms with Crippen molar-refractivity contribution in [2.45, 2.75) is 26.7 Å². The second kappa shape index (κ2) is 8.89. The van der Waals surface area contributed by atoms with E-state index in [1.807, 2.05) is 0 Å². The molecule has 28 valence electrons. The molecule has 0 fully saturated rings. The van der Waals surface area contributed by atoms with Gasteiger partial charge >= 0.3 is 29.6 Å². The summed E-state index contributed by atoms with van der Waals surface area (Å²) in [5.41, 5.74) is 0. The Morgan fingerprint density at radius 3 is 1.20 bits per heavy atom. The number of rotatable bonds is 1. The SMILES string of the molecule is CCCC.[NaH]. The summed E-state index contributed by atoms with van der Waals surface area (Å²) >= 11 is 0. The summed E-state index contributed by atoms with van der Waals surface area (Å²) in [6.45, 7) is 4.36. The van der Waals surface area contributed by atoms with Crippen molar-refractivity contribution >= 4 is 29.6 Å². The molecule has 0 aliphatic heterocycles. The summed E-state index contributed by atoms with van der Waals surface area (Å²) in [7, 11) is 0. The maximum absolute atomic E-state index is 2.18. The summed E-state index contributed by atoms with van der Waals surface area (Å²) in [5.74, 6) is 0. The van der Waals surface area contributed by atoms with Crippen molar-refractivity contribution in [2.24, 2.45) is 0 Å². The van der Waals surface area contributed by atoms with Gasteiger partial charge in [-0.1, -0.05) is 26.7 Å². The van der Waals surface area contributed by atoms with Gasteiger partial charge < -0.3 is 0 Å². The topological polar surface area (TPSA) is 0 Å². The second-order valence-electron chi connectivity index (χ2n) is 1.000. The molecule has 0 radical (unpaired) electrons. The van der Waals surface area contributed by atoms with Crippen LogP contribution >= 0.6 is 0 Å². The molecule has 0 rings (SSSR count). The van der Waals surface area contributed by atoms with E-state index in [0.717, 1.165) is 0 Å². The molecule has 0 spiro atoms. The van der Waals surface area contributed by atoms with E-state index >= 15 is 0 Å².